The number of hydrogen-bond acceptors (Lipinski definition) is 7. The fraction of sp³-hybridized carbons (Fsp3) is 0.320. The van der Waals surface area contributed by atoms with Gasteiger partial charge in [0.05, 0.1) is 5.69 Å². The van der Waals surface area contributed by atoms with Gasteiger partial charge in [0.25, 0.3) is 0 Å². The van der Waals surface area contributed by atoms with Crippen LogP contribution in [0.5, 0.6) is 0 Å². The van der Waals surface area contributed by atoms with Crippen molar-refractivity contribution in [2.75, 3.05) is 0 Å². The summed E-state index contributed by atoms with van der Waals surface area (Å²) in [5, 5.41) is 9.56. The average molecular weight is 434 g/mol. The average Bonchev–Trinajstić information content (AvgIpc) is 2.69. The quantitative estimate of drug-likeness (QED) is 0.343. The van der Waals surface area contributed by atoms with E-state index in [0.29, 0.717) is 16.5 Å². The monoisotopic (exact) mass is 433 g/mol. The Hall–Kier alpha value is -3.61. The fourth-order valence-corrected chi connectivity index (χ4v) is 2.93. The maximum absolute atomic E-state index is 13.1. The molecule has 3 aromatic rings. The minimum absolute atomic E-state index is 0.0448. The first-order chi connectivity index (χ1) is 14.9. The molecule has 0 spiro atoms. The molecular formula is C25H27N3O4. The third kappa shape index (κ3) is 5.75. The van der Waals surface area contributed by atoms with Gasteiger partial charge in [-0.2, -0.15) is 0 Å². The molecule has 32 heavy (non-hydrogen) atoms. The first-order valence-electron chi connectivity index (χ1n) is 10.3. The zero-order chi connectivity index (χ0) is 23.5. The Labute approximate surface area is 187 Å². The molecule has 7 heteroatoms. The number of carbonyl (C=O) groups excluding carboxylic acids is 2. The number of pyridine rings is 1. The van der Waals surface area contributed by atoms with Crippen LogP contribution in [-0.4, -0.2) is 28.1 Å². The zero-order valence-electron chi connectivity index (χ0n) is 19.2. The Morgan fingerprint density at radius 3 is 1.84 bits per heavy atom. The predicted molar refractivity (Wildman–Crippen MR) is 123 cm³/mol. The smallest absolute Gasteiger partial charge is 0.358 e. The van der Waals surface area contributed by atoms with Crippen molar-refractivity contribution in [2.45, 2.75) is 52.7 Å². The van der Waals surface area contributed by atoms with Gasteiger partial charge < -0.3 is 9.47 Å². The van der Waals surface area contributed by atoms with Crippen LogP contribution < -0.4 is 0 Å². The van der Waals surface area contributed by atoms with Crippen molar-refractivity contribution in [1.82, 2.24) is 4.98 Å². The van der Waals surface area contributed by atoms with Gasteiger partial charge in [-0.3, -0.25) is 0 Å². The molecule has 0 bridgehead atoms. The van der Waals surface area contributed by atoms with Crippen LogP contribution in [0.15, 0.2) is 64.8 Å². The summed E-state index contributed by atoms with van der Waals surface area (Å²) in [6, 6.07) is 16.2. The van der Waals surface area contributed by atoms with E-state index in [4.69, 9.17) is 9.47 Å². The fourth-order valence-electron chi connectivity index (χ4n) is 2.93. The Kier molecular flexibility index (Phi) is 6.39. The van der Waals surface area contributed by atoms with Gasteiger partial charge in [0.2, 0.25) is 0 Å². The summed E-state index contributed by atoms with van der Waals surface area (Å²) >= 11 is 0. The lowest BCUT2D eigenvalue weighted by molar-refractivity contribution is 0.00154. The van der Waals surface area contributed by atoms with Crippen molar-refractivity contribution in [3.8, 4) is 0 Å². The Balaban J connectivity index is 2.23. The van der Waals surface area contributed by atoms with Crippen molar-refractivity contribution < 1.29 is 19.1 Å². The minimum Gasteiger partial charge on any atom is -0.456 e. The molecule has 0 aliphatic carbocycles. The van der Waals surface area contributed by atoms with Crippen LogP contribution in [0.2, 0.25) is 0 Å². The molecule has 7 nitrogen and oxygen atoms in total. The predicted octanol–water partition coefficient (Wildman–Crippen LogP) is 6.56. The highest BCUT2D eigenvalue weighted by Crippen LogP contribution is 2.32. The molecule has 0 radical (unpaired) electrons. The highest BCUT2D eigenvalue weighted by Gasteiger charge is 2.30. The summed E-state index contributed by atoms with van der Waals surface area (Å²) in [7, 11) is 0. The van der Waals surface area contributed by atoms with E-state index < -0.39 is 23.1 Å². The molecule has 3 rings (SSSR count). The lowest BCUT2D eigenvalue weighted by Gasteiger charge is -2.23. The summed E-state index contributed by atoms with van der Waals surface area (Å²) in [6.07, 6.45) is 0. The largest absolute Gasteiger partial charge is 0.456 e. The second kappa shape index (κ2) is 8.86. The van der Waals surface area contributed by atoms with Crippen molar-refractivity contribution in [1.29, 1.82) is 0 Å². The first kappa shape index (κ1) is 23.1. The van der Waals surface area contributed by atoms with Crippen LogP contribution in [0.25, 0.3) is 10.8 Å². The molecule has 0 unspecified atom stereocenters. The van der Waals surface area contributed by atoms with Crippen LogP contribution in [-0.2, 0) is 9.47 Å². The van der Waals surface area contributed by atoms with Gasteiger partial charge in [-0.15, -0.1) is 10.2 Å². The summed E-state index contributed by atoms with van der Waals surface area (Å²) in [5.74, 6) is -1.19. The maximum Gasteiger partial charge on any atom is 0.358 e. The van der Waals surface area contributed by atoms with Gasteiger partial charge in [-0.1, -0.05) is 42.5 Å². The van der Waals surface area contributed by atoms with E-state index in [0.717, 1.165) is 0 Å². The van der Waals surface area contributed by atoms with Gasteiger partial charge in [-0.25, -0.2) is 14.6 Å². The number of benzene rings is 2. The van der Waals surface area contributed by atoms with E-state index in [-0.39, 0.29) is 17.1 Å². The maximum atomic E-state index is 13.1. The van der Waals surface area contributed by atoms with E-state index in [1.807, 2.05) is 18.2 Å². The standard InChI is InChI=1S/C25H27N3O4/c1-24(2,3)31-22(29)19-17-14-10-11-15-18(17)21(28-27-16-12-8-7-9-13-16)26-20(19)23(30)32-25(4,5)6/h7-15H,1-6H3. The molecule has 0 aliphatic rings. The molecular weight excluding hydrogens is 406 g/mol. The Morgan fingerprint density at radius 1 is 0.719 bits per heavy atom. The highest BCUT2D eigenvalue weighted by atomic mass is 16.6. The molecule has 0 amide bonds. The van der Waals surface area contributed by atoms with E-state index >= 15 is 0 Å². The number of ether oxygens (including phenoxy) is 2. The van der Waals surface area contributed by atoms with E-state index in [1.165, 1.54) is 0 Å². The van der Waals surface area contributed by atoms with Crippen molar-refractivity contribution in [2.24, 2.45) is 10.2 Å². The molecule has 0 atom stereocenters. The van der Waals surface area contributed by atoms with Crippen LogP contribution in [0.1, 0.15) is 62.4 Å². The second-order valence-corrected chi connectivity index (χ2v) is 9.24. The molecule has 2 aromatic carbocycles. The van der Waals surface area contributed by atoms with Crippen molar-refractivity contribution in [3.63, 3.8) is 0 Å². The molecule has 0 aliphatic heterocycles. The number of carbonyl (C=O) groups is 2. The van der Waals surface area contributed by atoms with E-state index in [9.17, 15) is 9.59 Å². The number of aromatic nitrogens is 1. The van der Waals surface area contributed by atoms with Gasteiger partial charge in [0.1, 0.15) is 16.8 Å². The third-order valence-electron chi connectivity index (χ3n) is 4.10. The first-order valence-corrected chi connectivity index (χ1v) is 10.3. The number of nitrogens with zero attached hydrogens (tertiary/aromatic N) is 3. The van der Waals surface area contributed by atoms with E-state index in [1.54, 1.807) is 77.9 Å². The van der Waals surface area contributed by atoms with Crippen LogP contribution in [0, 0.1) is 0 Å². The SMILES string of the molecule is CC(C)(C)OC(=O)c1nc(N=Nc2ccccc2)c2ccccc2c1C(=O)OC(C)(C)C. The van der Waals surface area contributed by atoms with E-state index in [2.05, 4.69) is 15.2 Å². The molecule has 0 N–H and O–H groups in total. The summed E-state index contributed by atoms with van der Waals surface area (Å²) in [5.41, 5.74) is -1.01. The molecule has 0 saturated heterocycles. The number of rotatable bonds is 4. The van der Waals surface area contributed by atoms with Crippen LogP contribution in [0.3, 0.4) is 0 Å². The van der Waals surface area contributed by atoms with Crippen LogP contribution >= 0.6 is 0 Å². The van der Waals surface area contributed by atoms with Gasteiger partial charge in [-0.05, 0) is 53.7 Å². The molecule has 1 heterocycles. The second-order valence-electron chi connectivity index (χ2n) is 9.24. The van der Waals surface area contributed by atoms with Gasteiger partial charge in [0.15, 0.2) is 11.5 Å². The highest BCUT2D eigenvalue weighted by molar-refractivity contribution is 6.13. The normalized spacial score (nSPS) is 12.2. The Morgan fingerprint density at radius 2 is 1.25 bits per heavy atom. The lowest BCUT2D eigenvalue weighted by Crippen LogP contribution is -2.28. The lowest BCUT2D eigenvalue weighted by atomic mass is 10.0. The molecule has 166 valence electrons. The zero-order valence-corrected chi connectivity index (χ0v) is 19.2. The van der Waals surface area contributed by atoms with Crippen molar-refractivity contribution >= 4 is 34.2 Å². The minimum atomic E-state index is -0.776. The Bertz CT molecular complexity index is 1170. The topological polar surface area (TPSA) is 90.2 Å². The summed E-state index contributed by atoms with van der Waals surface area (Å²) < 4.78 is 11.1. The van der Waals surface area contributed by atoms with Gasteiger partial charge in [0, 0.05) is 10.8 Å². The third-order valence-corrected chi connectivity index (χ3v) is 4.10. The summed E-state index contributed by atoms with van der Waals surface area (Å²) in [6.45, 7) is 10.5. The van der Waals surface area contributed by atoms with Crippen LogP contribution in [0.4, 0.5) is 11.5 Å². The number of esters is 2. The molecule has 1 aromatic heterocycles. The summed E-state index contributed by atoms with van der Waals surface area (Å²) in [4.78, 5) is 30.6. The number of azo groups is 1. The molecule has 0 saturated carbocycles. The van der Waals surface area contributed by atoms with Gasteiger partial charge >= 0.3 is 11.9 Å². The number of fused-ring (bicyclic) bond motifs is 1. The number of hydrogen-bond donors (Lipinski definition) is 0. The molecule has 0 fully saturated rings. The van der Waals surface area contributed by atoms with Crippen molar-refractivity contribution in [3.05, 3.63) is 65.9 Å².